The fraction of sp³-hybridized carbons (Fsp3) is 0.333. The molecule has 6 atom stereocenters. The lowest BCUT2D eigenvalue weighted by Crippen LogP contribution is -2.46. The summed E-state index contributed by atoms with van der Waals surface area (Å²) in [7, 11) is 0. The smallest absolute Gasteiger partial charge is 0.270 e. The summed E-state index contributed by atoms with van der Waals surface area (Å²) in [6.45, 7) is 2.62. The van der Waals surface area contributed by atoms with Crippen molar-refractivity contribution in [1.82, 2.24) is 20.0 Å². The molecule has 2 saturated carbocycles. The lowest BCUT2D eigenvalue weighted by Gasteiger charge is -2.37. The first-order valence-electron chi connectivity index (χ1n) is 11.9. The van der Waals surface area contributed by atoms with Crippen LogP contribution in [0.25, 0.3) is 11.0 Å². The highest BCUT2D eigenvalue weighted by Crippen LogP contribution is 2.65. The number of nitrogens with one attached hydrogen (secondary N) is 1. The summed E-state index contributed by atoms with van der Waals surface area (Å²) < 4.78 is 2.14. The van der Waals surface area contributed by atoms with Gasteiger partial charge in [-0.15, -0.1) is 0 Å². The van der Waals surface area contributed by atoms with Crippen LogP contribution in [0.3, 0.4) is 0 Å². The number of imidazole rings is 1. The minimum Gasteiger partial charge on any atom is -0.324 e. The quantitative estimate of drug-likeness (QED) is 0.487. The highest BCUT2D eigenvalue weighted by Gasteiger charge is 2.67. The minimum atomic E-state index is -0.443. The van der Waals surface area contributed by atoms with E-state index in [1.165, 1.54) is 0 Å². The second kappa shape index (κ2) is 6.88. The third-order valence-corrected chi connectivity index (χ3v) is 8.28. The topological polar surface area (TPSA) is 84.3 Å². The Balaban J connectivity index is 1.08. The first-order valence-corrected chi connectivity index (χ1v) is 11.9. The zero-order valence-electron chi connectivity index (χ0n) is 18.7. The number of amides is 3. The molecule has 1 aromatic heterocycles. The third kappa shape index (κ3) is 2.70. The molecule has 4 aliphatic carbocycles. The number of imide groups is 1. The van der Waals surface area contributed by atoms with Gasteiger partial charge in [0.15, 0.2) is 0 Å². The van der Waals surface area contributed by atoms with Crippen molar-refractivity contribution >= 4 is 28.8 Å². The predicted molar refractivity (Wildman–Crippen MR) is 124 cm³/mol. The van der Waals surface area contributed by atoms with E-state index in [1.807, 2.05) is 43.3 Å². The number of benzene rings is 2. The lowest BCUT2D eigenvalue weighted by molar-refractivity contribution is -0.143. The summed E-state index contributed by atoms with van der Waals surface area (Å²) in [4.78, 5) is 43.7. The van der Waals surface area contributed by atoms with Gasteiger partial charge in [-0.25, -0.2) is 4.98 Å². The average molecular weight is 453 g/mol. The Hall–Kier alpha value is -3.74. The maximum Gasteiger partial charge on any atom is 0.270 e. The standard InChI is InChI=1S/C27H24N4O3/c1-14-28-21-4-2-3-5-22(21)30(14)13-15-6-8-16(9-7-15)25(32)29-31-26(33)23-17-10-11-18(20-12-19(17)20)24(23)27(31)34/h2-11,17-20,23-24H,12-13H2,1H3,(H,29,32)/t17-,18+,19+,20-,23-,24+. The van der Waals surface area contributed by atoms with E-state index < -0.39 is 5.91 Å². The van der Waals surface area contributed by atoms with E-state index >= 15 is 0 Å². The van der Waals surface area contributed by atoms with Gasteiger partial charge in [0.1, 0.15) is 5.82 Å². The monoisotopic (exact) mass is 452 g/mol. The number of aromatic nitrogens is 2. The molecule has 2 heterocycles. The Kier molecular flexibility index (Phi) is 3.99. The number of hydrogen-bond donors (Lipinski definition) is 1. The SMILES string of the molecule is Cc1nc2ccccc2n1Cc1ccc(C(=O)NN2C(=O)[C@@H]3[C@@H]4C=C[C@@H]([C@H]5C[C@@H]45)[C@@H]3C2=O)cc1. The van der Waals surface area contributed by atoms with E-state index in [4.69, 9.17) is 0 Å². The van der Waals surface area contributed by atoms with Gasteiger partial charge in [-0.1, -0.05) is 36.4 Å². The molecule has 1 aliphatic heterocycles. The van der Waals surface area contributed by atoms with E-state index in [2.05, 4.69) is 27.1 Å². The highest BCUT2D eigenvalue weighted by molar-refractivity contribution is 6.08. The number of allylic oxidation sites excluding steroid dienone is 2. The molecule has 0 unspecified atom stereocenters. The van der Waals surface area contributed by atoms with E-state index in [9.17, 15) is 14.4 Å². The summed E-state index contributed by atoms with van der Waals surface area (Å²) in [6.07, 6.45) is 5.36. The van der Waals surface area contributed by atoms with E-state index in [0.717, 1.165) is 33.9 Å². The number of rotatable bonds is 4. The number of hydrazine groups is 1. The van der Waals surface area contributed by atoms with Crippen LogP contribution in [0.2, 0.25) is 0 Å². The molecule has 0 radical (unpaired) electrons. The Morgan fingerprint density at radius 2 is 1.62 bits per heavy atom. The van der Waals surface area contributed by atoms with Gasteiger partial charge in [0.25, 0.3) is 17.7 Å². The van der Waals surface area contributed by atoms with Crippen LogP contribution in [-0.4, -0.2) is 32.3 Å². The van der Waals surface area contributed by atoms with Crippen LogP contribution in [0.1, 0.15) is 28.2 Å². The molecule has 8 rings (SSSR count). The lowest BCUT2D eigenvalue weighted by atomic mass is 9.63. The van der Waals surface area contributed by atoms with Crippen molar-refractivity contribution in [3.8, 4) is 0 Å². The molecule has 0 spiro atoms. The van der Waals surface area contributed by atoms with Gasteiger partial charge in [-0.05, 0) is 66.8 Å². The van der Waals surface area contributed by atoms with Crippen LogP contribution in [-0.2, 0) is 16.1 Å². The fourth-order valence-electron chi connectivity index (χ4n) is 6.57. The molecule has 3 amide bonds. The number of aryl methyl sites for hydroxylation is 1. The van der Waals surface area contributed by atoms with Crippen molar-refractivity contribution < 1.29 is 14.4 Å². The normalized spacial score (nSPS) is 30.6. The second-order valence-electron chi connectivity index (χ2n) is 10.0. The molecule has 2 bridgehead atoms. The predicted octanol–water partition coefficient (Wildman–Crippen LogP) is 3.09. The molecule has 34 heavy (non-hydrogen) atoms. The Labute approximate surface area is 196 Å². The van der Waals surface area contributed by atoms with Crippen LogP contribution in [0.4, 0.5) is 0 Å². The molecule has 7 nitrogen and oxygen atoms in total. The molecule has 3 fully saturated rings. The van der Waals surface area contributed by atoms with Crippen LogP contribution in [0.5, 0.6) is 0 Å². The van der Waals surface area contributed by atoms with Gasteiger partial charge in [0.05, 0.1) is 22.9 Å². The fourth-order valence-corrected chi connectivity index (χ4v) is 6.57. The molecule has 2 aromatic carbocycles. The van der Waals surface area contributed by atoms with Crippen molar-refractivity contribution in [2.24, 2.45) is 35.5 Å². The number of nitrogens with zero attached hydrogens (tertiary/aromatic N) is 3. The largest absolute Gasteiger partial charge is 0.324 e. The Morgan fingerprint density at radius 3 is 2.29 bits per heavy atom. The van der Waals surface area contributed by atoms with Crippen molar-refractivity contribution in [2.45, 2.75) is 19.9 Å². The van der Waals surface area contributed by atoms with Crippen LogP contribution in [0.15, 0.2) is 60.7 Å². The van der Waals surface area contributed by atoms with Crippen LogP contribution in [0, 0.1) is 42.4 Å². The number of para-hydroxylation sites is 2. The summed E-state index contributed by atoms with van der Waals surface area (Å²) in [5, 5.41) is 0.990. The minimum absolute atomic E-state index is 0.139. The van der Waals surface area contributed by atoms with Gasteiger partial charge in [-0.2, -0.15) is 5.01 Å². The summed E-state index contributed by atoms with van der Waals surface area (Å²) >= 11 is 0. The maximum absolute atomic E-state index is 13.1. The number of carbonyl (C=O) groups is 3. The third-order valence-electron chi connectivity index (χ3n) is 8.28. The van der Waals surface area contributed by atoms with E-state index in [1.54, 1.807) is 12.1 Å². The molecule has 7 heteroatoms. The summed E-state index contributed by atoms with van der Waals surface area (Å²) in [5.41, 5.74) is 6.07. The zero-order valence-corrected chi connectivity index (χ0v) is 18.7. The van der Waals surface area contributed by atoms with E-state index in [0.29, 0.717) is 23.9 Å². The molecule has 170 valence electrons. The molecule has 1 saturated heterocycles. The van der Waals surface area contributed by atoms with Crippen molar-refractivity contribution in [2.75, 3.05) is 0 Å². The van der Waals surface area contributed by atoms with Crippen molar-refractivity contribution in [3.63, 3.8) is 0 Å². The van der Waals surface area contributed by atoms with Crippen molar-refractivity contribution in [1.29, 1.82) is 0 Å². The van der Waals surface area contributed by atoms with Gasteiger partial charge in [-0.3, -0.25) is 19.8 Å². The Bertz CT molecular complexity index is 1370. The summed E-state index contributed by atoms with van der Waals surface area (Å²) in [6, 6.07) is 15.3. The van der Waals surface area contributed by atoms with Gasteiger partial charge >= 0.3 is 0 Å². The molecular formula is C27H24N4O3. The Morgan fingerprint density at radius 1 is 0.971 bits per heavy atom. The van der Waals surface area contributed by atoms with Crippen LogP contribution < -0.4 is 5.43 Å². The first kappa shape index (κ1) is 19.7. The molecule has 5 aliphatic rings. The van der Waals surface area contributed by atoms with Gasteiger partial charge in [0.2, 0.25) is 0 Å². The van der Waals surface area contributed by atoms with Gasteiger partial charge in [0, 0.05) is 12.1 Å². The number of fused-ring (bicyclic) bond motifs is 1. The molecular weight excluding hydrogens is 428 g/mol. The van der Waals surface area contributed by atoms with Crippen LogP contribution >= 0.6 is 0 Å². The maximum atomic E-state index is 13.1. The van der Waals surface area contributed by atoms with Crippen molar-refractivity contribution in [3.05, 3.63) is 77.6 Å². The number of carbonyl (C=O) groups excluding carboxylic acids is 3. The first-order chi connectivity index (χ1) is 16.5. The van der Waals surface area contributed by atoms with E-state index in [-0.39, 0.29) is 35.5 Å². The zero-order chi connectivity index (χ0) is 23.1. The average Bonchev–Trinajstić information content (AvgIpc) is 3.57. The van der Waals surface area contributed by atoms with Gasteiger partial charge < -0.3 is 4.57 Å². The summed E-state index contributed by atoms with van der Waals surface area (Å²) in [5.74, 6) is 0.683. The number of hydrogen-bond acceptors (Lipinski definition) is 4. The molecule has 1 N–H and O–H groups in total. The second-order valence-corrected chi connectivity index (χ2v) is 10.0. The molecule has 3 aromatic rings. The highest BCUT2D eigenvalue weighted by atomic mass is 16.2.